The maximum absolute atomic E-state index is 12.5. The number of aryl methyl sites for hydroxylation is 2. The van der Waals surface area contributed by atoms with E-state index in [0.717, 1.165) is 22.5 Å². The predicted molar refractivity (Wildman–Crippen MR) is 91.8 cm³/mol. The van der Waals surface area contributed by atoms with Crippen molar-refractivity contribution in [3.63, 3.8) is 0 Å². The van der Waals surface area contributed by atoms with Crippen LogP contribution in [0.15, 0.2) is 12.1 Å². The summed E-state index contributed by atoms with van der Waals surface area (Å²) < 4.78 is 5.37. The number of carbonyl (C=O) groups excluding carboxylic acids is 2. The molecular formula is C18H26N2O3. The van der Waals surface area contributed by atoms with Crippen molar-refractivity contribution in [1.29, 1.82) is 0 Å². The second kappa shape index (κ2) is 7.02. The second-order valence-electron chi connectivity index (χ2n) is 6.52. The highest BCUT2D eigenvalue weighted by atomic mass is 16.5. The van der Waals surface area contributed by atoms with Gasteiger partial charge in [0.2, 0.25) is 5.91 Å². The van der Waals surface area contributed by atoms with E-state index in [1.165, 1.54) is 0 Å². The molecule has 5 heteroatoms. The van der Waals surface area contributed by atoms with Gasteiger partial charge in [-0.2, -0.15) is 0 Å². The third-order valence-corrected chi connectivity index (χ3v) is 4.10. The van der Waals surface area contributed by atoms with Gasteiger partial charge in [0.1, 0.15) is 6.04 Å². The molecule has 0 saturated carbocycles. The number of nitrogens with zero attached hydrogens (tertiary/aromatic N) is 1. The van der Waals surface area contributed by atoms with Crippen LogP contribution in [0, 0.1) is 19.8 Å². The van der Waals surface area contributed by atoms with E-state index in [4.69, 9.17) is 4.74 Å². The van der Waals surface area contributed by atoms with E-state index in [2.05, 4.69) is 5.32 Å². The minimum atomic E-state index is -0.579. The van der Waals surface area contributed by atoms with Gasteiger partial charge in [0.15, 0.2) is 0 Å². The minimum Gasteiger partial charge on any atom is -0.464 e. The molecular weight excluding hydrogens is 292 g/mol. The summed E-state index contributed by atoms with van der Waals surface area (Å²) in [5, 5.41) is 3.14. The molecule has 5 nitrogen and oxygen atoms in total. The highest BCUT2D eigenvalue weighted by molar-refractivity contribution is 6.06. The fourth-order valence-corrected chi connectivity index (χ4v) is 2.67. The fourth-order valence-electron chi connectivity index (χ4n) is 2.67. The maximum Gasteiger partial charge on any atom is 0.329 e. The van der Waals surface area contributed by atoms with Crippen LogP contribution >= 0.6 is 0 Å². The molecule has 0 fully saturated rings. The zero-order chi connectivity index (χ0) is 17.1. The molecule has 1 aromatic carbocycles. The van der Waals surface area contributed by atoms with Gasteiger partial charge in [0, 0.05) is 0 Å². The van der Waals surface area contributed by atoms with Crippen molar-refractivity contribution >= 4 is 23.3 Å². The van der Waals surface area contributed by atoms with Crippen LogP contribution in [0.25, 0.3) is 0 Å². The van der Waals surface area contributed by atoms with E-state index in [1.807, 2.05) is 46.8 Å². The number of hydrogen-bond donors (Lipinski definition) is 1. The zero-order valence-electron chi connectivity index (χ0n) is 14.6. The van der Waals surface area contributed by atoms with Crippen molar-refractivity contribution in [2.75, 3.05) is 23.4 Å². The quantitative estimate of drug-likeness (QED) is 0.848. The van der Waals surface area contributed by atoms with Crippen LogP contribution in [0.2, 0.25) is 0 Å². The number of rotatable bonds is 5. The van der Waals surface area contributed by atoms with Crippen molar-refractivity contribution in [2.45, 2.75) is 47.1 Å². The lowest BCUT2D eigenvalue weighted by Crippen LogP contribution is -2.50. The lowest BCUT2D eigenvalue weighted by Gasteiger charge is -2.35. The zero-order valence-corrected chi connectivity index (χ0v) is 14.6. The van der Waals surface area contributed by atoms with Gasteiger partial charge in [0.25, 0.3) is 0 Å². The number of anilines is 2. The molecule has 1 unspecified atom stereocenters. The number of amides is 1. The molecule has 1 N–H and O–H groups in total. The molecule has 1 aliphatic heterocycles. The Hall–Kier alpha value is -2.04. The largest absolute Gasteiger partial charge is 0.464 e. The summed E-state index contributed by atoms with van der Waals surface area (Å²) in [6.07, 6.45) is 0.523. The number of benzene rings is 1. The second-order valence-corrected chi connectivity index (χ2v) is 6.52. The first kappa shape index (κ1) is 17.3. The van der Waals surface area contributed by atoms with Crippen LogP contribution in [0.3, 0.4) is 0 Å². The average Bonchev–Trinajstić information content (AvgIpc) is 2.50. The Kier molecular flexibility index (Phi) is 5.29. The van der Waals surface area contributed by atoms with Crippen molar-refractivity contribution in [3.8, 4) is 0 Å². The van der Waals surface area contributed by atoms with Crippen LogP contribution in [0.1, 0.15) is 38.3 Å². The normalized spacial score (nSPS) is 15.2. The Bertz CT molecular complexity index is 611. The molecule has 1 amide bonds. The van der Waals surface area contributed by atoms with Crippen LogP contribution in [0.4, 0.5) is 11.4 Å². The Morgan fingerprint density at radius 3 is 2.57 bits per heavy atom. The summed E-state index contributed by atoms with van der Waals surface area (Å²) in [6, 6.07) is 3.41. The number of carbonyl (C=O) groups is 2. The molecule has 1 aliphatic rings. The Labute approximate surface area is 138 Å². The molecule has 0 aromatic heterocycles. The monoisotopic (exact) mass is 318 g/mol. The van der Waals surface area contributed by atoms with E-state index in [9.17, 15) is 9.59 Å². The topological polar surface area (TPSA) is 58.6 Å². The van der Waals surface area contributed by atoms with Crippen LogP contribution < -0.4 is 10.2 Å². The summed E-state index contributed by atoms with van der Waals surface area (Å²) in [5.41, 5.74) is 3.90. The first-order valence-corrected chi connectivity index (χ1v) is 8.19. The molecule has 1 heterocycles. The van der Waals surface area contributed by atoms with E-state index >= 15 is 0 Å². The summed E-state index contributed by atoms with van der Waals surface area (Å²) >= 11 is 0. The average molecular weight is 318 g/mol. The molecule has 23 heavy (non-hydrogen) atoms. The SMILES string of the molecule is CCC(C(=O)OCC(C)C)N1C(=O)CNc2cc(C)c(C)cc21. The van der Waals surface area contributed by atoms with Crippen LogP contribution in [-0.2, 0) is 14.3 Å². The molecule has 0 saturated heterocycles. The summed E-state index contributed by atoms with van der Waals surface area (Å²) in [6.45, 7) is 10.5. The molecule has 0 bridgehead atoms. The van der Waals surface area contributed by atoms with Gasteiger partial charge < -0.3 is 10.1 Å². The van der Waals surface area contributed by atoms with E-state index in [0.29, 0.717) is 13.0 Å². The number of ether oxygens (including phenoxy) is 1. The molecule has 126 valence electrons. The number of nitrogens with one attached hydrogen (secondary N) is 1. The highest BCUT2D eigenvalue weighted by Crippen LogP contribution is 2.34. The summed E-state index contributed by atoms with van der Waals surface area (Å²) in [4.78, 5) is 26.5. The van der Waals surface area contributed by atoms with Gasteiger partial charge in [-0.05, 0) is 49.4 Å². The van der Waals surface area contributed by atoms with E-state index in [1.54, 1.807) is 4.90 Å². The Balaban J connectivity index is 2.35. The van der Waals surface area contributed by atoms with Crippen molar-refractivity contribution in [3.05, 3.63) is 23.3 Å². The molecule has 1 atom stereocenters. The third kappa shape index (κ3) is 3.66. The Morgan fingerprint density at radius 2 is 1.96 bits per heavy atom. The molecule has 1 aromatic rings. The maximum atomic E-state index is 12.5. The van der Waals surface area contributed by atoms with Gasteiger partial charge >= 0.3 is 5.97 Å². The lowest BCUT2D eigenvalue weighted by atomic mass is 10.0. The van der Waals surface area contributed by atoms with E-state index in [-0.39, 0.29) is 24.3 Å². The fraction of sp³-hybridized carbons (Fsp3) is 0.556. The lowest BCUT2D eigenvalue weighted by molar-refractivity contribution is -0.147. The van der Waals surface area contributed by atoms with Crippen LogP contribution in [0.5, 0.6) is 0 Å². The first-order chi connectivity index (χ1) is 10.8. The summed E-state index contributed by atoms with van der Waals surface area (Å²) in [5.74, 6) is -0.165. The first-order valence-electron chi connectivity index (χ1n) is 8.19. The van der Waals surface area contributed by atoms with Crippen molar-refractivity contribution in [2.24, 2.45) is 5.92 Å². The minimum absolute atomic E-state index is 0.103. The number of hydrogen-bond acceptors (Lipinski definition) is 4. The molecule has 2 rings (SSSR count). The number of esters is 1. The van der Waals surface area contributed by atoms with Gasteiger partial charge in [-0.3, -0.25) is 9.69 Å². The standard InChI is InChI=1S/C18H26N2O3/c1-6-15(18(22)23-10-11(2)3)20-16-8-13(5)12(4)7-14(16)19-9-17(20)21/h7-8,11,15,19H,6,9-10H2,1-5H3. The van der Waals surface area contributed by atoms with Gasteiger partial charge in [-0.1, -0.05) is 20.8 Å². The summed E-state index contributed by atoms with van der Waals surface area (Å²) in [7, 11) is 0. The van der Waals surface area contributed by atoms with Gasteiger partial charge in [-0.25, -0.2) is 4.79 Å². The van der Waals surface area contributed by atoms with Gasteiger partial charge in [0.05, 0.1) is 24.5 Å². The molecule has 0 radical (unpaired) electrons. The molecule has 0 aliphatic carbocycles. The highest BCUT2D eigenvalue weighted by Gasteiger charge is 2.35. The van der Waals surface area contributed by atoms with E-state index < -0.39 is 6.04 Å². The number of fused-ring (bicyclic) bond motifs is 1. The Morgan fingerprint density at radius 1 is 1.30 bits per heavy atom. The van der Waals surface area contributed by atoms with Crippen LogP contribution in [-0.4, -0.2) is 31.1 Å². The third-order valence-electron chi connectivity index (χ3n) is 4.10. The van der Waals surface area contributed by atoms with Crippen molar-refractivity contribution < 1.29 is 14.3 Å². The van der Waals surface area contributed by atoms with Gasteiger partial charge in [-0.15, -0.1) is 0 Å². The smallest absolute Gasteiger partial charge is 0.329 e. The molecule has 0 spiro atoms. The predicted octanol–water partition coefficient (Wildman–Crippen LogP) is 3.04. The van der Waals surface area contributed by atoms with Crippen molar-refractivity contribution in [1.82, 2.24) is 0 Å².